The summed E-state index contributed by atoms with van der Waals surface area (Å²) >= 11 is 3.37. The van der Waals surface area contributed by atoms with Crippen LogP contribution >= 0.6 is 15.9 Å². The van der Waals surface area contributed by atoms with E-state index in [0.29, 0.717) is 11.5 Å². The van der Waals surface area contributed by atoms with Crippen LogP contribution in [0.4, 0.5) is 0 Å². The molecule has 0 fully saturated rings. The maximum absolute atomic E-state index is 10.8. The van der Waals surface area contributed by atoms with Gasteiger partial charge in [0.15, 0.2) is 6.29 Å². The van der Waals surface area contributed by atoms with Crippen LogP contribution in [0, 0.1) is 0 Å². The largest absolute Gasteiger partial charge is 0.457 e. The first-order valence-corrected chi connectivity index (χ1v) is 7.46. The molecule has 20 heavy (non-hydrogen) atoms. The molecule has 2 aromatic rings. The Morgan fingerprint density at radius 1 is 1.25 bits per heavy atom. The second-order valence-corrected chi connectivity index (χ2v) is 5.60. The zero-order valence-corrected chi connectivity index (χ0v) is 13.2. The van der Waals surface area contributed by atoms with Crippen LogP contribution in [0.3, 0.4) is 0 Å². The van der Waals surface area contributed by atoms with Gasteiger partial charge < -0.3 is 4.74 Å². The first kappa shape index (κ1) is 14.8. The van der Waals surface area contributed by atoms with Gasteiger partial charge in [0.2, 0.25) is 0 Å². The number of carbonyl (C=O) groups excluding carboxylic acids is 1. The van der Waals surface area contributed by atoms with Crippen molar-refractivity contribution in [1.29, 1.82) is 0 Å². The molecule has 1 unspecified atom stereocenters. The van der Waals surface area contributed by atoms with Crippen LogP contribution in [0.2, 0.25) is 0 Å². The number of para-hydroxylation sites is 1. The molecule has 2 aromatic carbocycles. The van der Waals surface area contributed by atoms with Crippen molar-refractivity contribution in [3.63, 3.8) is 0 Å². The highest BCUT2D eigenvalue weighted by atomic mass is 79.9. The summed E-state index contributed by atoms with van der Waals surface area (Å²) in [4.78, 5) is 10.8. The predicted molar refractivity (Wildman–Crippen MR) is 84.8 cm³/mol. The van der Waals surface area contributed by atoms with E-state index in [1.807, 2.05) is 30.3 Å². The maximum atomic E-state index is 10.8. The van der Waals surface area contributed by atoms with Gasteiger partial charge in [-0.2, -0.15) is 0 Å². The van der Waals surface area contributed by atoms with E-state index in [4.69, 9.17) is 4.74 Å². The van der Waals surface area contributed by atoms with E-state index in [0.717, 1.165) is 28.7 Å². The lowest BCUT2D eigenvalue weighted by atomic mass is 9.98. The highest BCUT2D eigenvalue weighted by Gasteiger charge is 2.11. The van der Waals surface area contributed by atoms with Crippen molar-refractivity contribution in [3.8, 4) is 11.5 Å². The highest BCUT2D eigenvalue weighted by Crippen LogP contribution is 2.33. The summed E-state index contributed by atoms with van der Waals surface area (Å²) in [6, 6.07) is 13.4. The number of ether oxygens (including phenoxy) is 1. The van der Waals surface area contributed by atoms with Crippen LogP contribution in [0.15, 0.2) is 46.9 Å². The van der Waals surface area contributed by atoms with Crippen LogP contribution < -0.4 is 4.74 Å². The zero-order valence-electron chi connectivity index (χ0n) is 11.6. The third-order valence-corrected chi connectivity index (χ3v) is 4.08. The molecule has 0 aliphatic rings. The lowest BCUT2D eigenvalue weighted by molar-refractivity contribution is 0.112. The van der Waals surface area contributed by atoms with Crippen LogP contribution in [0.25, 0.3) is 0 Å². The Hall–Kier alpha value is -1.61. The number of benzene rings is 2. The second-order valence-electron chi connectivity index (χ2n) is 4.75. The van der Waals surface area contributed by atoms with E-state index in [1.165, 1.54) is 5.56 Å². The zero-order chi connectivity index (χ0) is 14.5. The van der Waals surface area contributed by atoms with E-state index in [-0.39, 0.29) is 0 Å². The maximum Gasteiger partial charge on any atom is 0.151 e. The van der Waals surface area contributed by atoms with Crippen molar-refractivity contribution in [2.24, 2.45) is 0 Å². The van der Waals surface area contributed by atoms with Crippen LogP contribution in [0.5, 0.6) is 11.5 Å². The highest BCUT2D eigenvalue weighted by molar-refractivity contribution is 9.10. The van der Waals surface area contributed by atoms with Gasteiger partial charge in [-0.3, -0.25) is 4.79 Å². The summed E-state index contributed by atoms with van der Waals surface area (Å²) in [7, 11) is 0. The fraction of sp³-hybridized carbons (Fsp3) is 0.235. The second kappa shape index (κ2) is 6.71. The standard InChI is InChI=1S/C17H17BrO2/c1-3-12(2)15-6-4-5-7-17(15)20-14-9-8-13(11-19)16(18)10-14/h4-12H,3H2,1-2H3. The van der Waals surface area contributed by atoms with E-state index < -0.39 is 0 Å². The summed E-state index contributed by atoms with van der Waals surface area (Å²) < 4.78 is 6.71. The Bertz CT molecular complexity index is 608. The molecule has 0 aliphatic heterocycles. The van der Waals surface area contributed by atoms with Gasteiger partial charge in [-0.1, -0.05) is 32.0 Å². The van der Waals surface area contributed by atoms with Gasteiger partial charge in [0.25, 0.3) is 0 Å². The van der Waals surface area contributed by atoms with Gasteiger partial charge >= 0.3 is 0 Å². The molecule has 0 saturated carbocycles. The Balaban J connectivity index is 2.30. The van der Waals surface area contributed by atoms with E-state index in [1.54, 1.807) is 6.07 Å². The molecule has 0 N–H and O–H groups in total. The first-order valence-electron chi connectivity index (χ1n) is 6.67. The van der Waals surface area contributed by atoms with Crippen molar-refractivity contribution in [1.82, 2.24) is 0 Å². The number of hydrogen-bond acceptors (Lipinski definition) is 2. The number of hydrogen-bond donors (Lipinski definition) is 0. The minimum Gasteiger partial charge on any atom is -0.457 e. The molecule has 3 heteroatoms. The van der Waals surface area contributed by atoms with Crippen LogP contribution in [-0.2, 0) is 0 Å². The number of carbonyl (C=O) groups is 1. The molecular formula is C17H17BrO2. The summed E-state index contributed by atoms with van der Waals surface area (Å²) in [5.41, 5.74) is 1.82. The third-order valence-electron chi connectivity index (χ3n) is 3.39. The minimum atomic E-state index is 0.448. The van der Waals surface area contributed by atoms with E-state index in [9.17, 15) is 4.79 Å². The third kappa shape index (κ3) is 3.28. The molecule has 2 nitrogen and oxygen atoms in total. The van der Waals surface area contributed by atoms with Crippen molar-refractivity contribution >= 4 is 22.2 Å². The Morgan fingerprint density at radius 3 is 2.65 bits per heavy atom. The molecule has 0 heterocycles. The van der Waals surface area contributed by atoms with Gasteiger partial charge in [0, 0.05) is 10.0 Å². The normalized spacial score (nSPS) is 11.9. The number of aldehydes is 1. The smallest absolute Gasteiger partial charge is 0.151 e. The number of halogens is 1. The molecular weight excluding hydrogens is 316 g/mol. The van der Waals surface area contributed by atoms with E-state index in [2.05, 4.69) is 35.8 Å². The molecule has 0 saturated heterocycles. The predicted octanol–water partition coefficient (Wildman–Crippen LogP) is 5.57. The summed E-state index contributed by atoms with van der Waals surface area (Å²) in [6.07, 6.45) is 1.88. The molecule has 1 atom stereocenters. The van der Waals surface area contributed by atoms with Gasteiger partial charge in [-0.05, 0) is 58.1 Å². The molecule has 0 aliphatic carbocycles. The average Bonchev–Trinajstić information content (AvgIpc) is 2.47. The topological polar surface area (TPSA) is 26.3 Å². The molecule has 2 rings (SSSR count). The fourth-order valence-corrected chi connectivity index (χ4v) is 2.45. The van der Waals surface area contributed by atoms with Crippen molar-refractivity contribution in [2.75, 3.05) is 0 Å². The quantitative estimate of drug-likeness (QED) is 0.669. The minimum absolute atomic E-state index is 0.448. The number of rotatable bonds is 5. The van der Waals surface area contributed by atoms with Gasteiger partial charge in [0.05, 0.1) is 0 Å². The Kier molecular flexibility index (Phi) is 4.96. The molecule has 0 radical (unpaired) electrons. The van der Waals surface area contributed by atoms with Gasteiger partial charge in [-0.15, -0.1) is 0 Å². The lowest BCUT2D eigenvalue weighted by Crippen LogP contribution is -1.96. The molecule has 0 amide bonds. The first-order chi connectivity index (χ1) is 9.65. The summed E-state index contributed by atoms with van der Waals surface area (Å²) in [6.45, 7) is 4.35. The SMILES string of the molecule is CCC(C)c1ccccc1Oc1ccc(C=O)c(Br)c1. The molecule has 0 aromatic heterocycles. The van der Waals surface area contributed by atoms with Crippen LogP contribution in [0.1, 0.15) is 42.1 Å². The van der Waals surface area contributed by atoms with Gasteiger partial charge in [0.1, 0.15) is 11.5 Å². The summed E-state index contributed by atoms with van der Waals surface area (Å²) in [5, 5.41) is 0. The van der Waals surface area contributed by atoms with Crippen LogP contribution in [-0.4, -0.2) is 6.29 Å². The average molecular weight is 333 g/mol. The molecule has 0 bridgehead atoms. The van der Waals surface area contributed by atoms with E-state index >= 15 is 0 Å². The monoisotopic (exact) mass is 332 g/mol. The van der Waals surface area contributed by atoms with Crippen molar-refractivity contribution in [2.45, 2.75) is 26.2 Å². The van der Waals surface area contributed by atoms with Crippen molar-refractivity contribution in [3.05, 3.63) is 58.1 Å². The van der Waals surface area contributed by atoms with Crippen molar-refractivity contribution < 1.29 is 9.53 Å². The Labute approximate surface area is 127 Å². The molecule has 0 spiro atoms. The molecule has 104 valence electrons. The summed E-state index contributed by atoms with van der Waals surface area (Å²) in [5.74, 6) is 2.04. The van der Waals surface area contributed by atoms with Gasteiger partial charge in [-0.25, -0.2) is 0 Å². The fourth-order valence-electron chi connectivity index (χ4n) is 1.99. The Morgan fingerprint density at radius 2 is 2.00 bits per heavy atom. The lowest BCUT2D eigenvalue weighted by Gasteiger charge is -2.15.